The van der Waals surface area contributed by atoms with E-state index in [9.17, 15) is 9.59 Å². The van der Waals surface area contributed by atoms with E-state index in [2.05, 4.69) is 27.7 Å². The lowest BCUT2D eigenvalue weighted by atomic mass is 9.81. The van der Waals surface area contributed by atoms with Crippen molar-refractivity contribution in [3.8, 4) is 0 Å². The SMILES string of the molecule is COC(=O)[C@H]1CN1n1c([C@@H](C)C(C)(C)C)nc2ccccc2c1=O. The molecule has 0 radical (unpaired) electrons. The highest BCUT2D eigenvalue weighted by atomic mass is 16.5. The summed E-state index contributed by atoms with van der Waals surface area (Å²) in [6.45, 7) is 8.87. The highest BCUT2D eigenvalue weighted by Crippen LogP contribution is 2.34. The van der Waals surface area contributed by atoms with Crippen LogP contribution in [-0.2, 0) is 9.53 Å². The van der Waals surface area contributed by atoms with Crippen molar-refractivity contribution in [2.45, 2.75) is 39.7 Å². The second-order valence-corrected chi connectivity index (χ2v) is 7.35. The quantitative estimate of drug-likeness (QED) is 0.637. The van der Waals surface area contributed by atoms with Crippen LogP contribution in [0.15, 0.2) is 29.1 Å². The number of para-hydroxylation sites is 1. The van der Waals surface area contributed by atoms with Gasteiger partial charge < -0.3 is 4.74 Å². The molecule has 1 aliphatic rings. The normalized spacial score (nSPS) is 18.5. The first-order valence-corrected chi connectivity index (χ1v) is 8.12. The number of carbonyl (C=O) groups excluding carboxylic acids is 1. The van der Waals surface area contributed by atoms with Gasteiger partial charge >= 0.3 is 5.97 Å². The lowest BCUT2D eigenvalue weighted by Gasteiger charge is -2.29. The van der Waals surface area contributed by atoms with Gasteiger partial charge in [0.15, 0.2) is 6.04 Å². The van der Waals surface area contributed by atoms with Gasteiger partial charge in [0, 0.05) is 5.92 Å². The number of rotatable bonds is 3. The molecule has 0 amide bonds. The van der Waals surface area contributed by atoms with Gasteiger partial charge in [-0.15, -0.1) is 0 Å². The standard InChI is InChI=1S/C18H23N3O3/c1-11(18(2,3)4)15-19-13-9-7-6-8-12(13)16(22)21(15)20-10-14(20)17(23)24-5/h6-9,11,14H,10H2,1-5H3/t11-,14-,20?/m1/s1. The molecule has 2 aromatic rings. The van der Waals surface area contributed by atoms with Crippen molar-refractivity contribution in [2.24, 2.45) is 5.41 Å². The van der Waals surface area contributed by atoms with Gasteiger partial charge in [-0.3, -0.25) is 9.80 Å². The number of hydrogen-bond acceptors (Lipinski definition) is 5. The molecule has 1 fully saturated rings. The summed E-state index contributed by atoms with van der Waals surface area (Å²) in [5, 5.41) is 2.28. The predicted molar refractivity (Wildman–Crippen MR) is 92.8 cm³/mol. The van der Waals surface area contributed by atoms with Crippen molar-refractivity contribution >= 4 is 16.9 Å². The molecule has 0 bridgehead atoms. The van der Waals surface area contributed by atoms with Crippen LogP contribution >= 0.6 is 0 Å². The van der Waals surface area contributed by atoms with Gasteiger partial charge in [-0.2, -0.15) is 0 Å². The summed E-state index contributed by atoms with van der Waals surface area (Å²) in [5.74, 6) is 0.385. The summed E-state index contributed by atoms with van der Waals surface area (Å²) in [6, 6.07) is 6.90. The van der Waals surface area contributed by atoms with E-state index >= 15 is 0 Å². The van der Waals surface area contributed by atoms with Crippen LogP contribution in [0, 0.1) is 5.41 Å². The minimum Gasteiger partial charge on any atom is -0.467 e. The Morgan fingerprint density at radius 1 is 1.33 bits per heavy atom. The fourth-order valence-corrected chi connectivity index (χ4v) is 2.74. The van der Waals surface area contributed by atoms with Crippen molar-refractivity contribution in [3.63, 3.8) is 0 Å². The smallest absolute Gasteiger partial charge is 0.332 e. The Balaban J connectivity index is 2.20. The van der Waals surface area contributed by atoms with E-state index < -0.39 is 6.04 Å². The van der Waals surface area contributed by atoms with E-state index in [1.54, 1.807) is 15.8 Å². The summed E-state index contributed by atoms with van der Waals surface area (Å²) < 4.78 is 6.37. The van der Waals surface area contributed by atoms with Gasteiger partial charge in [0.25, 0.3) is 5.56 Å². The minimum atomic E-state index is -0.415. The second kappa shape index (κ2) is 5.61. The van der Waals surface area contributed by atoms with E-state index in [1.807, 2.05) is 18.2 Å². The number of benzene rings is 1. The lowest BCUT2D eigenvalue weighted by molar-refractivity contribution is -0.139. The molecule has 1 aromatic heterocycles. The van der Waals surface area contributed by atoms with Crippen molar-refractivity contribution < 1.29 is 9.53 Å². The Labute approximate surface area is 141 Å². The molecular weight excluding hydrogens is 306 g/mol. The molecule has 6 heteroatoms. The van der Waals surface area contributed by atoms with Crippen LogP contribution in [0.3, 0.4) is 0 Å². The molecule has 24 heavy (non-hydrogen) atoms. The third-order valence-electron chi connectivity index (χ3n) is 4.78. The highest BCUT2D eigenvalue weighted by molar-refractivity contribution is 5.83. The molecule has 3 rings (SSSR count). The highest BCUT2D eigenvalue weighted by Gasteiger charge is 2.45. The fourth-order valence-electron chi connectivity index (χ4n) is 2.74. The van der Waals surface area contributed by atoms with Crippen LogP contribution in [-0.4, -0.2) is 35.3 Å². The van der Waals surface area contributed by atoms with E-state index in [-0.39, 0.29) is 22.9 Å². The number of esters is 1. The molecule has 128 valence electrons. The van der Waals surface area contributed by atoms with Crippen molar-refractivity contribution in [2.75, 3.05) is 18.7 Å². The van der Waals surface area contributed by atoms with Crippen LogP contribution in [0.25, 0.3) is 10.9 Å². The number of aromatic nitrogens is 2. The average molecular weight is 329 g/mol. The molecule has 0 aliphatic carbocycles. The van der Waals surface area contributed by atoms with Gasteiger partial charge in [-0.1, -0.05) is 39.8 Å². The summed E-state index contributed by atoms with van der Waals surface area (Å²) in [6.07, 6.45) is 0. The Kier molecular flexibility index (Phi) is 3.86. The third kappa shape index (κ3) is 2.66. The fraction of sp³-hybridized carbons (Fsp3) is 0.500. The van der Waals surface area contributed by atoms with Crippen molar-refractivity contribution in [3.05, 3.63) is 40.4 Å². The van der Waals surface area contributed by atoms with Gasteiger partial charge in [0.05, 0.1) is 24.6 Å². The van der Waals surface area contributed by atoms with E-state index in [0.29, 0.717) is 23.3 Å². The molecule has 0 saturated carbocycles. The molecule has 0 spiro atoms. The Bertz CT molecular complexity index is 851. The van der Waals surface area contributed by atoms with Crippen molar-refractivity contribution in [1.82, 2.24) is 9.66 Å². The molecular formula is C18H23N3O3. The summed E-state index contributed by atoms with van der Waals surface area (Å²) >= 11 is 0. The molecule has 1 aliphatic heterocycles. The molecule has 0 N–H and O–H groups in total. The Hall–Kier alpha value is -2.37. The zero-order chi connectivity index (χ0) is 17.6. The Morgan fingerprint density at radius 3 is 2.62 bits per heavy atom. The van der Waals surface area contributed by atoms with Gasteiger partial charge in [-0.25, -0.2) is 14.5 Å². The molecule has 2 heterocycles. The van der Waals surface area contributed by atoms with Gasteiger partial charge in [0.2, 0.25) is 0 Å². The molecule has 6 nitrogen and oxygen atoms in total. The van der Waals surface area contributed by atoms with E-state index in [1.165, 1.54) is 7.11 Å². The topological polar surface area (TPSA) is 64.2 Å². The maximum atomic E-state index is 13.0. The minimum absolute atomic E-state index is 0.0358. The molecule has 1 aromatic carbocycles. The lowest BCUT2D eigenvalue weighted by Crippen LogP contribution is -2.38. The third-order valence-corrected chi connectivity index (χ3v) is 4.78. The number of nitrogens with zero attached hydrogens (tertiary/aromatic N) is 3. The summed E-state index contributed by atoms with van der Waals surface area (Å²) in [4.78, 5) is 29.6. The van der Waals surface area contributed by atoms with Crippen molar-refractivity contribution in [1.29, 1.82) is 0 Å². The maximum absolute atomic E-state index is 13.0. The van der Waals surface area contributed by atoms with E-state index in [4.69, 9.17) is 9.72 Å². The number of carbonyl (C=O) groups is 1. The van der Waals surface area contributed by atoms with E-state index in [0.717, 1.165) is 0 Å². The Morgan fingerprint density at radius 2 is 2.00 bits per heavy atom. The van der Waals surface area contributed by atoms with Crippen LogP contribution in [0.2, 0.25) is 0 Å². The first-order chi connectivity index (χ1) is 11.3. The van der Waals surface area contributed by atoms with Crippen LogP contribution in [0.1, 0.15) is 39.4 Å². The van der Waals surface area contributed by atoms with Crippen LogP contribution < -0.4 is 10.6 Å². The zero-order valence-electron chi connectivity index (χ0n) is 14.7. The number of methoxy groups -OCH3 is 1. The number of fused-ring (bicyclic) bond motifs is 1. The second-order valence-electron chi connectivity index (χ2n) is 7.35. The number of hydrogen-bond donors (Lipinski definition) is 0. The monoisotopic (exact) mass is 329 g/mol. The average Bonchev–Trinajstić information content (AvgIpc) is 3.32. The largest absolute Gasteiger partial charge is 0.467 e. The number of ether oxygens (including phenoxy) is 1. The maximum Gasteiger partial charge on any atom is 0.332 e. The molecule has 2 atom stereocenters. The van der Waals surface area contributed by atoms with Crippen LogP contribution in [0.5, 0.6) is 0 Å². The molecule has 0 unspecified atom stereocenters. The first-order valence-electron chi connectivity index (χ1n) is 8.12. The van der Waals surface area contributed by atoms with Gasteiger partial charge in [-0.05, 0) is 17.5 Å². The van der Waals surface area contributed by atoms with Gasteiger partial charge in [0.1, 0.15) is 5.82 Å². The summed E-state index contributed by atoms with van der Waals surface area (Å²) in [5.41, 5.74) is 0.472. The molecule has 1 saturated heterocycles. The summed E-state index contributed by atoms with van der Waals surface area (Å²) in [7, 11) is 1.36. The first kappa shape index (κ1) is 16.5. The van der Waals surface area contributed by atoms with Crippen LogP contribution in [0.4, 0.5) is 0 Å². The zero-order valence-corrected chi connectivity index (χ0v) is 14.7. The predicted octanol–water partition coefficient (Wildman–Crippen LogP) is 2.04.